The lowest BCUT2D eigenvalue weighted by Gasteiger charge is -2.37. The number of esters is 1. The quantitative estimate of drug-likeness (QED) is 0.733. The van der Waals surface area contributed by atoms with Crippen molar-refractivity contribution < 1.29 is 19.1 Å². The standard InChI is InChI=1S/C18H25N3O4S.ClH/c1-18(19)8-4-3-5-12(18)14(22)20-13-6-9-21(15(13)23)16-11(7-10-26-16)17(24)25-2;/h7,10,12-13H,3-6,8-9,19H2,1-2H3,(H,20,22);1H. The number of hydrogen-bond donors (Lipinski definition) is 2. The average molecular weight is 416 g/mol. The molecule has 0 radical (unpaired) electrons. The van der Waals surface area contributed by atoms with Crippen molar-refractivity contribution in [3.63, 3.8) is 0 Å². The van der Waals surface area contributed by atoms with Gasteiger partial charge in [-0.15, -0.1) is 23.7 Å². The van der Waals surface area contributed by atoms with Gasteiger partial charge >= 0.3 is 5.97 Å². The Morgan fingerprint density at radius 1 is 1.37 bits per heavy atom. The van der Waals surface area contributed by atoms with E-state index in [0.717, 1.165) is 25.7 Å². The van der Waals surface area contributed by atoms with Crippen molar-refractivity contribution in [3.8, 4) is 0 Å². The van der Waals surface area contributed by atoms with Crippen molar-refractivity contribution in [3.05, 3.63) is 17.0 Å². The molecule has 27 heavy (non-hydrogen) atoms. The van der Waals surface area contributed by atoms with Crippen molar-refractivity contribution in [1.82, 2.24) is 5.32 Å². The van der Waals surface area contributed by atoms with E-state index in [1.807, 2.05) is 6.92 Å². The Morgan fingerprint density at radius 2 is 2.11 bits per heavy atom. The molecular weight excluding hydrogens is 390 g/mol. The number of anilines is 1. The van der Waals surface area contributed by atoms with Gasteiger partial charge in [0.2, 0.25) is 11.8 Å². The number of nitrogens with zero attached hydrogens (tertiary/aromatic N) is 1. The van der Waals surface area contributed by atoms with Crippen molar-refractivity contribution in [1.29, 1.82) is 0 Å². The minimum Gasteiger partial charge on any atom is -0.465 e. The van der Waals surface area contributed by atoms with E-state index in [9.17, 15) is 14.4 Å². The number of carbonyl (C=O) groups excluding carboxylic acids is 3. The van der Waals surface area contributed by atoms with Crippen LogP contribution in [0.3, 0.4) is 0 Å². The number of nitrogens with one attached hydrogen (secondary N) is 1. The van der Waals surface area contributed by atoms with E-state index in [-0.39, 0.29) is 30.1 Å². The van der Waals surface area contributed by atoms with Crippen molar-refractivity contribution in [2.45, 2.75) is 50.6 Å². The van der Waals surface area contributed by atoms with E-state index in [0.29, 0.717) is 23.5 Å². The maximum absolute atomic E-state index is 12.8. The van der Waals surface area contributed by atoms with E-state index >= 15 is 0 Å². The molecule has 1 aliphatic carbocycles. The Kier molecular flexibility index (Phi) is 6.88. The first kappa shape index (κ1) is 21.7. The van der Waals surface area contributed by atoms with Crippen LogP contribution in [0, 0.1) is 5.92 Å². The van der Waals surface area contributed by atoms with Gasteiger partial charge in [-0.3, -0.25) is 9.59 Å². The highest BCUT2D eigenvalue weighted by Gasteiger charge is 2.41. The molecule has 3 N–H and O–H groups in total. The third-order valence-electron chi connectivity index (χ3n) is 5.39. The summed E-state index contributed by atoms with van der Waals surface area (Å²) in [7, 11) is 1.31. The molecule has 0 bridgehead atoms. The minimum absolute atomic E-state index is 0. The van der Waals surface area contributed by atoms with Crippen LogP contribution in [0.4, 0.5) is 5.00 Å². The highest BCUT2D eigenvalue weighted by molar-refractivity contribution is 7.14. The monoisotopic (exact) mass is 415 g/mol. The number of hydrogen-bond acceptors (Lipinski definition) is 6. The Hall–Kier alpha value is -1.64. The molecule has 2 heterocycles. The van der Waals surface area contributed by atoms with Gasteiger partial charge in [0.15, 0.2) is 0 Å². The molecular formula is C18H26ClN3O4S. The number of amides is 2. The van der Waals surface area contributed by atoms with Crippen LogP contribution < -0.4 is 16.0 Å². The molecule has 2 fully saturated rings. The molecule has 3 unspecified atom stereocenters. The molecule has 3 rings (SSSR count). The summed E-state index contributed by atoms with van der Waals surface area (Å²) in [6.45, 7) is 2.37. The smallest absolute Gasteiger partial charge is 0.340 e. The maximum Gasteiger partial charge on any atom is 0.340 e. The maximum atomic E-state index is 12.8. The van der Waals surface area contributed by atoms with Gasteiger partial charge in [-0.2, -0.15) is 0 Å². The summed E-state index contributed by atoms with van der Waals surface area (Å²) < 4.78 is 4.77. The summed E-state index contributed by atoms with van der Waals surface area (Å²) in [5.41, 5.74) is 6.14. The molecule has 0 spiro atoms. The third-order valence-corrected chi connectivity index (χ3v) is 6.32. The summed E-state index contributed by atoms with van der Waals surface area (Å²) in [6.07, 6.45) is 4.08. The van der Waals surface area contributed by atoms with Gasteiger partial charge < -0.3 is 20.7 Å². The van der Waals surface area contributed by atoms with Crippen molar-refractivity contribution in [2.24, 2.45) is 11.7 Å². The summed E-state index contributed by atoms with van der Waals surface area (Å²) in [6, 6.07) is 1.07. The van der Waals surface area contributed by atoms with Crippen molar-refractivity contribution in [2.75, 3.05) is 18.6 Å². The second-order valence-corrected chi connectivity index (χ2v) is 8.17. The van der Waals surface area contributed by atoms with Gasteiger partial charge in [0, 0.05) is 12.1 Å². The van der Waals surface area contributed by atoms with Crippen LogP contribution >= 0.6 is 23.7 Å². The molecule has 1 aliphatic heterocycles. The highest BCUT2D eigenvalue weighted by atomic mass is 35.5. The first-order valence-corrected chi connectivity index (χ1v) is 9.79. The summed E-state index contributed by atoms with van der Waals surface area (Å²) >= 11 is 1.31. The molecule has 1 aromatic rings. The SMILES string of the molecule is COC(=O)c1ccsc1N1CCC(NC(=O)C2CCCCC2(C)N)C1=O.Cl. The first-order valence-electron chi connectivity index (χ1n) is 8.91. The Bertz CT molecular complexity index is 721. The van der Waals surface area contributed by atoms with E-state index in [1.165, 1.54) is 18.4 Å². The molecule has 1 aromatic heterocycles. The summed E-state index contributed by atoms with van der Waals surface area (Å²) in [4.78, 5) is 38.9. The van der Waals surface area contributed by atoms with E-state index < -0.39 is 17.6 Å². The zero-order valence-electron chi connectivity index (χ0n) is 15.5. The number of thiophene rings is 1. The topological polar surface area (TPSA) is 102 Å². The van der Waals surface area contributed by atoms with Crippen LogP contribution in [0.25, 0.3) is 0 Å². The fraction of sp³-hybridized carbons (Fsp3) is 0.611. The molecule has 9 heteroatoms. The van der Waals surface area contributed by atoms with Crippen LogP contribution in [-0.2, 0) is 14.3 Å². The zero-order valence-corrected chi connectivity index (χ0v) is 17.2. The number of halogens is 1. The van der Waals surface area contributed by atoms with Gasteiger partial charge in [-0.25, -0.2) is 4.79 Å². The first-order chi connectivity index (χ1) is 12.3. The molecule has 7 nitrogen and oxygen atoms in total. The Labute approximate surface area is 169 Å². The number of rotatable bonds is 4. The molecule has 2 amide bonds. The molecule has 0 aromatic carbocycles. The second-order valence-electron chi connectivity index (χ2n) is 7.27. The van der Waals surface area contributed by atoms with Gasteiger partial charge in [0.05, 0.1) is 18.6 Å². The molecule has 150 valence electrons. The predicted octanol–water partition coefficient (Wildman–Crippen LogP) is 2.09. The molecule has 2 aliphatic rings. The third kappa shape index (κ3) is 4.28. The number of ether oxygens (including phenoxy) is 1. The molecule has 3 atom stereocenters. The van der Waals surface area contributed by atoms with E-state index in [2.05, 4.69) is 5.32 Å². The molecule has 1 saturated carbocycles. The van der Waals surface area contributed by atoms with E-state index in [1.54, 1.807) is 16.3 Å². The van der Waals surface area contributed by atoms with Gasteiger partial charge in [-0.1, -0.05) is 12.8 Å². The highest BCUT2D eigenvalue weighted by Crippen LogP contribution is 2.34. The van der Waals surface area contributed by atoms with Crippen LogP contribution in [0.5, 0.6) is 0 Å². The fourth-order valence-corrected chi connectivity index (χ4v) is 4.77. The number of carbonyl (C=O) groups is 3. The normalized spacial score (nSPS) is 27.8. The zero-order chi connectivity index (χ0) is 18.9. The second kappa shape index (κ2) is 8.58. The van der Waals surface area contributed by atoms with E-state index in [4.69, 9.17) is 10.5 Å². The molecule has 1 saturated heterocycles. The predicted molar refractivity (Wildman–Crippen MR) is 106 cm³/mol. The number of nitrogens with two attached hydrogens (primary N) is 1. The fourth-order valence-electron chi connectivity index (χ4n) is 3.85. The summed E-state index contributed by atoms with van der Waals surface area (Å²) in [5.74, 6) is -1.08. The van der Waals surface area contributed by atoms with Crippen molar-refractivity contribution >= 4 is 46.5 Å². The minimum atomic E-state index is -0.576. The van der Waals surface area contributed by atoms with Gasteiger partial charge in [0.25, 0.3) is 0 Å². The van der Waals surface area contributed by atoms with Crippen LogP contribution in [-0.4, -0.2) is 43.0 Å². The largest absolute Gasteiger partial charge is 0.465 e. The lowest BCUT2D eigenvalue weighted by molar-refractivity contribution is -0.131. The van der Waals surface area contributed by atoms with Gasteiger partial charge in [0.1, 0.15) is 11.0 Å². The number of methoxy groups -OCH3 is 1. The van der Waals surface area contributed by atoms with Crippen LogP contribution in [0.1, 0.15) is 49.4 Å². The summed E-state index contributed by atoms with van der Waals surface area (Å²) in [5, 5.41) is 5.21. The van der Waals surface area contributed by atoms with Crippen LogP contribution in [0.2, 0.25) is 0 Å². The Balaban J connectivity index is 0.00000261. The lowest BCUT2D eigenvalue weighted by Crippen LogP contribution is -2.55. The Morgan fingerprint density at radius 3 is 2.78 bits per heavy atom. The van der Waals surface area contributed by atoms with Crippen LogP contribution in [0.15, 0.2) is 11.4 Å². The van der Waals surface area contributed by atoms with Gasteiger partial charge in [-0.05, 0) is 37.6 Å². The lowest BCUT2D eigenvalue weighted by atomic mass is 9.74. The average Bonchev–Trinajstić information content (AvgIpc) is 3.21.